The molecule has 0 aliphatic carbocycles. The van der Waals surface area contributed by atoms with Gasteiger partial charge in [0, 0.05) is 30.2 Å². The number of nitrogens with one attached hydrogen (secondary N) is 1. The lowest BCUT2D eigenvalue weighted by Crippen LogP contribution is -2.43. The molecule has 0 radical (unpaired) electrons. The van der Waals surface area contributed by atoms with E-state index in [1.807, 2.05) is 19.1 Å². The summed E-state index contributed by atoms with van der Waals surface area (Å²) < 4.78 is 78.1. The normalized spacial score (nSPS) is 12.0. The average Bonchev–Trinajstić information content (AvgIpc) is 3.13. The molecule has 0 fully saturated rings. The molecule has 0 saturated carbocycles. The lowest BCUT2D eigenvalue weighted by molar-refractivity contribution is -0.142. The summed E-state index contributed by atoms with van der Waals surface area (Å²) in [5.41, 5.74) is 2.11. The zero-order valence-electron chi connectivity index (χ0n) is 28.4. The van der Waals surface area contributed by atoms with E-state index < -0.39 is 50.7 Å². The number of hydrogen-bond acceptors (Lipinski definition) is 9. The van der Waals surface area contributed by atoms with Gasteiger partial charge in [-0.25, -0.2) is 22.0 Å². The van der Waals surface area contributed by atoms with Crippen LogP contribution in [-0.4, -0.2) is 59.3 Å². The number of esters is 1. The van der Waals surface area contributed by atoms with Crippen LogP contribution in [-0.2, 0) is 42.9 Å². The third-order valence-corrected chi connectivity index (χ3v) is 9.87. The monoisotopic (exact) mass is 718 g/mol. The number of benzene rings is 4. The lowest BCUT2D eigenvalue weighted by Gasteiger charge is -2.20. The summed E-state index contributed by atoms with van der Waals surface area (Å²) in [7, 11) is 0.294. The van der Waals surface area contributed by atoms with Crippen molar-refractivity contribution < 1.29 is 45.7 Å². The molecule has 5 rings (SSSR count). The zero-order valence-corrected chi connectivity index (χ0v) is 29.2. The van der Waals surface area contributed by atoms with Gasteiger partial charge >= 0.3 is 5.97 Å². The van der Waals surface area contributed by atoms with Gasteiger partial charge in [-0.2, -0.15) is 0 Å². The first-order valence-corrected chi connectivity index (χ1v) is 17.5. The number of amides is 1. The maximum absolute atomic E-state index is 15.3. The van der Waals surface area contributed by atoms with E-state index >= 15 is 8.78 Å². The highest BCUT2D eigenvalue weighted by Crippen LogP contribution is 2.43. The predicted octanol–water partition coefficient (Wildman–Crippen LogP) is 6.22. The molecule has 1 aromatic heterocycles. The Balaban J connectivity index is 1.46. The van der Waals surface area contributed by atoms with E-state index in [1.54, 1.807) is 50.7 Å². The molecule has 0 bridgehead atoms. The van der Waals surface area contributed by atoms with Gasteiger partial charge < -0.3 is 24.3 Å². The highest BCUT2D eigenvalue weighted by Gasteiger charge is 2.28. The number of rotatable bonds is 14. The van der Waals surface area contributed by atoms with Gasteiger partial charge in [-0.15, -0.1) is 0 Å². The molecular weight excluding hydrogens is 682 g/mol. The number of carbonyl (C=O) groups excluding carboxylic acids is 2. The van der Waals surface area contributed by atoms with Crippen LogP contribution in [0.4, 0.5) is 8.78 Å². The summed E-state index contributed by atoms with van der Waals surface area (Å²) in [6.45, 7) is 2.79. The molecule has 4 aromatic carbocycles. The number of halogens is 2. The molecule has 0 aliphatic rings. The Bertz CT molecular complexity index is 2130. The van der Waals surface area contributed by atoms with Crippen molar-refractivity contribution in [2.75, 3.05) is 27.9 Å². The Morgan fingerprint density at radius 2 is 1.53 bits per heavy atom. The van der Waals surface area contributed by atoms with Gasteiger partial charge in [0.15, 0.2) is 9.84 Å². The molecule has 51 heavy (non-hydrogen) atoms. The van der Waals surface area contributed by atoms with Gasteiger partial charge in [0.1, 0.15) is 34.7 Å². The smallest absolute Gasteiger partial charge is 0.328 e. The Labute approximate surface area is 294 Å². The molecular formula is C38H36F2N2O8S. The second-order valence-corrected chi connectivity index (χ2v) is 13.4. The molecule has 10 nitrogen and oxygen atoms in total. The van der Waals surface area contributed by atoms with Crippen molar-refractivity contribution in [2.24, 2.45) is 0 Å². The van der Waals surface area contributed by atoms with Gasteiger partial charge in [0.25, 0.3) is 5.91 Å². The molecule has 266 valence electrons. The standard InChI is InChI=1S/C38H36F2N2O8S/c1-5-50-21-23-18-32(47-2)34(33(19-23)48-3)28-14-13-25(27-12-9-15-41-36(27)28)20-31(38(44)49-4)42-37(43)35-29(39)16-24(17-30(35)40)22-51(45,46)26-10-7-6-8-11-26/h6-19,31H,5,20-22H2,1-4H3,(H,42,43)/t31-/m0/s1. The molecule has 0 aliphatic heterocycles. The molecule has 5 aromatic rings. The topological polar surface area (TPSA) is 130 Å². The number of carbonyl (C=O) groups is 2. The first-order chi connectivity index (χ1) is 24.5. The van der Waals surface area contributed by atoms with Crippen LogP contribution in [0.5, 0.6) is 11.5 Å². The Morgan fingerprint density at radius 3 is 2.14 bits per heavy atom. The van der Waals surface area contributed by atoms with Gasteiger partial charge in [0.05, 0.1) is 49.7 Å². The average molecular weight is 719 g/mol. The number of methoxy groups -OCH3 is 3. The van der Waals surface area contributed by atoms with E-state index in [0.29, 0.717) is 52.3 Å². The summed E-state index contributed by atoms with van der Waals surface area (Å²) in [6, 6.07) is 18.4. The number of hydrogen-bond donors (Lipinski definition) is 1. The molecule has 13 heteroatoms. The van der Waals surface area contributed by atoms with Gasteiger partial charge in [0.2, 0.25) is 0 Å². The molecule has 1 atom stereocenters. The van der Waals surface area contributed by atoms with Crippen molar-refractivity contribution in [3.8, 4) is 22.6 Å². The van der Waals surface area contributed by atoms with E-state index in [-0.39, 0.29) is 16.9 Å². The fourth-order valence-electron chi connectivity index (χ4n) is 5.79. The molecule has 1 N–H and O–H groups in total. The van der Waals surface area contributed by atoms with Crippen molar-refractivity contribution in [3.63, 3.8) is 0 Å². The number of aromatic nitrogens is 1. The second-order valence-electron chi connectivity index (χ2n) is 11.4. The fraction of sp³-hybridized carbons (Fsp3) is 0.237. The minimum absolute atomic E-state index is 0.0157. The number of pyridine rings is 1. The Kier molecular flexibility index (Phi) is 11.6. The van der Waals surface area contributed by atoms with Crippen LogP contribution in [0.3, 0.4) is 0 Å². The first kappa shape index (κ1) is 36.9. The molecule has 0 spiro atoms. The first-order valence-electron chi connectivity index (χ1n) is 15.8. The van der Waals surface area contributed by atoms with Crippen LogP contribution < -0.4 is 14.8 Å². The van der Waals surface area contributed by atoms with E-state index in [0.717, 1.165) is 24.8 Å². The van der Waals surface area contributed by atoms with Crippen molar-refractivity contribution >= 4 is 32.6 Å². The van der Waals surface area contributed by atoms with Crippen LogP contribution >= 0.6 is 0 Å². The SMILES string of the molecule is CCOCc1cc(OC)c(-c2ccc(C[C@H](NC(=O)c3c(F)cc(CS(=O)(=O)c4ccccc4)cc3F)C(=O)OC)c3cccnc23)c(OC)c1. The summed E-state index contributed by atoms with van der Waals surface area (Å²) in [5.74, 6) is -4.30. The Hall–Kier alpha value is -5.40. The zero-order chi connectivity index (χ0) is 36.7. The van der Waals surface area contributed by atoms with Gasteiger partial charge in [-0.05, 0) is 66.1 Å². The number of ether oxygens (including phenoxy) is 4. The number of nitrogens with zero attached hydrogens (tertiary/aromatic N) is 1. The number of fused-ring (bicyclic) bond motifs is 1. The minimum atomic E-state index is -3.92. The van der Waals surface area contributed by atoms with Crippen LogP contribution in [0.25, 0.3) is 22.0 Å². The van der Waals surface area contributed by atoms with Crippen molar-refractivity contribution in [1.82, 2.24) is 10.3 Å². The largest absolute Gasteiger partial charge is 0.496 e. The predicted molar refractivity (Wildman–Crippen MR) is 186 cm³/mol. The summed E-state index contributed by atoms with van der Waals surface area (Å²) in [4.78, 5) is 30.8. The highest BCUT2D eigenvalue weighted by molar-refractivity contribution is 7.90. The second kappa shape index (κ2) is 16.1. The highest BCUT2D eigenvalue weighted by atomic mass is 32.2. The van der Waals surface area contributed by atoms with E-state index in [4.69, 9.17) is 18.9 Å². The van der Waals surface area contributed by atoms with Crippen molar-refractivity contribution in [3.05, 3.63) is 119 Å². The quantitative estimate of drug-likeness (QED) is 0.133. The van der Waals surface area contributed by atoms with Gasteiger partial charge in [-0.3, -0.25) is 9.78 Å². The fourth-order valence-corrected chi connectivity index (χ4v) is 7.13. The lowest BCUT2D eigenvalue weighted by atomic mass is 9.93. The van der Waals surface area contributed by atoms with Crippen LogP contribution in [0.2, 0.25) is 0 Å². The van der Waals surface area contributed by atoms with E-state index in [9.17, 15) is 18.0 Å². The van der Waals surface area contributed by atoms with Crippen LogP contribution in [0.15, 0.2) is 90.0 Å². The molecule has 1 heterocycles. The van der Waals surface area contributed by atoms with Crippen molar-refractivity contribution in [1.29, 1.82) is 0 Å². The summed E-state index contributed by atoms with van der Waals surface area (Å²) in [6.07, 6.45) is 1.48. The Morgan fingerprint density at radius 1 is 0.863 bits per heavy atom. The van der Waals surface area contributed by atoms with Crippen LogP contribution in [0.1, 0.15) is 34.0 Å². The van der Waals surface area contributed by atoms with E-state index in [2.05, 4.69) is 10.3 Å². The summed E-state index contributed by atoms with van der Waals surface area (Å²) >= 11 is 0. The minimum Gasteiger partial charge on any atom is -0.496 e. The summed E-state index contributed by atoms with van der Waals surface area (Å²) in [5, 5.41) is 3.02. The molecule has 0 saturated heterocycles. The molecule has 1 amide bonds. The van der Waals surface area contributed by atoms with Crippen molar-refractivity contribution in [2.45, 2.75) is 36.6 Å². The van der Waals surface area contributed by atoms with Crippen LogP contribution in [0, 0.1) is 11.6 Å². The maximum atomic E-state index is 15.3. The third-order valence-electron chi connectivity index (χ3n) is 8.17. The third kappa shape index (κ3) is 8.16. The molecule has 0 unspecified atom stereocenters. The maximum Gasteiger partial charge on any atom is 0.328 e. The van der Waals surface area contributed by atoms with E-state index in [1.165, 1.54) is 24.3 Å². The number of sulfone groups is 1. The van der Waals surface area contributed by atoms with Gasteiger partial charge in [-0.1, -0.05) is 36.4 Å².